The highest BCUT2D eigenvalue weighted by Crippen LogP contribution is 2.12. The van der Waals surface area contributed by atoms with Gasteiger partial charge in [0.2, 0.25) is 0 Å². The zero-order chi connectivity index (χ0) is 11.3. The first-order valence-corrected chi connectivity index (χ1v) is 6.27. The Labute approximate surface area is 96.7 Å². The summed E-state index contributed by atoms with van der Waals surface area (Å²) in [5.74, 6) is 0. The summed E-state index contributed by atoms with van der Waals surface area (Å²) in [7, 11) is 4.24. The molecule has 1 rings (SSSR count). The molecule has 0 saturated heterocycles. The summed E-state index contributed by atoms with van der Waals surface area (Å²) in [5, 5.41) is 0. The first-order chi connectivity index (χ1) is 7.13. The van der Waals surface area contributed by atoms with Gasteiger partial charge in [-0.05, 0) is 27.6 Å². The number of hydrogen-bond acceptors (Lipinski definition) is 4. The first kappa shape index (κ1) is 12.6. The van der Waals surface area contributed by atoms with Gasteiger partial charge in [-0.1, -0.05) is 6.92 Å². The van der Waals surface area contributed by atoms with E-state index in [1.165, 1.54) is 4.88 Å². The number of thiazole rings is 1. The number of nitrogens with zero attached hydrogens (tertiary/aromatic N) is 3. The highest BCUT2D eigenvalue weighted by Gasteiger charge is 2.13. The molecule has 15 heavy (non-hydrogen) atoms. The van der Waals surface area contributed by atoms with Gasteiger partial charge < -0.3 is 4.90 Å². The highest BCUT2D eigenvalue weighted by atomic mass is 32.1. The van der Waals surface area contributed by atoms with Crippen molar-refractivity contribution in [3.8, 4) is 0 Å². The Hall–Kier alpha value is -0.450. The third-order valence-corrected chi connectivity index (χ3v) is 3.27. The van der Waals surface area contributed by atoms with E-state index >= 15 is 0 Å². The minimum Gasteiger partial charge on any atom is -0.308 e. The van der Waals surface area contributed by atoms with Crippen molar-refractivity contribution in [2.75, 3.05) is 27.2 Å². The van der Waals surface area contributed by atoms with Crippen LogP contribution in [-0.4, -0.2) is 48.0 Å². The lowest BCUT2D eigenvalue weighted by atomic mass is 10.2. The van der Waals surface area contributed by atoms with E-state index in [0.717, 1.165) is 19.6 Å². The molecule has 0 bridgehead atoms. The van der Waals surface area contributed by atoms with Gasteiger partial charge in [0.25, 0.3) is 0 Å². The Kier molecular flexibility index (Phi) is 5.22. The molecule has 0 aliphatic carbocycles. The lowest BCUT2D eigenvalue weighted by Gasteiger charge is -2.29. The molecule has 1 aromatic heterocycles. The van der Waals surface area contributed by atoms with E-state index < -0.39 is 0 Å². The van der Waals surface area contributed by atoms with Crippen LogP contribution in [0.15, 0.2) is 11.7 Å². The van der Waals surface area contributed by atoms with E-state index in [1.807, 2.05) is 11.7 Å². The molecule has 1 heterocycles. The summed E-state index contributed by atoms with van der Waals surface area (Å²) >= 11 is 1.74. The molecule has 4 heteroatoms. The van der Waals surface area contributed by atoms with Crippen molar-refractivity contribution in [2.24, 2.45) is 0 Å². The van der Waals surface area contributed by atoms with Crippen LogP contribution in [0.3, 0.4) is 0 Å². The van der Waals surface area contributed by atoms with Crippen LogP contribution >= 0.6 is 11.3 Å². The minimum atomic E-state index is 0.590. The Morgan fingerprint density at radius 2 is 2.20 bits per heavy atom. The van der Waals surface area contributed by atoms with Crippen LogP contribution < -0.4 is 0 Å². The Balaban J connectivity index is 2.48. The summed E-state index contributed by atoms with van der Waals surface area (Å²) < 4.78 is 0. The van der Waals surface area contributed by atoms with Gasteiger partial charge in [0, 0.05) is 30.2 Å². The van der Waals surface area contributed by atoms with Crippen LogP contribution in [0.1, 0.15) is 18.7 Å². The molecule has 0 amide bonds. The maximum Gasteiger partial charge on any atom is 0.0794 e. The normalized spacial score (nSPS) is 13.7. The van der Waals surface area contributed by atoms with E-state index in [4.69, 9.17) is 0 Å². The summed E-state index contributed by atoms with van der Waals surface area (Å²) in [4.78, 5) is 10.2. The summed E-state index contributed by atoms with van der Waals surface area (Å²) in [5.41, 5.74) is 1.90. The zero-order valence-corrected chi connectivity index (χ0v) is 10.9. The van der Waals surface area contributed by atoms with Gasteiger partial charge >= 0.3 is 0 Å². The lowest BCUT2D eigenvalue weighted by molar-refractivity contribution is 0.175. The maximum atomic E-state index is 4.11. The molecular weight excluding hydrogens is 206 g/mol. The third kappa shape index (κ3) is 4.28. The van der Waals surface area contributed by atoms with Crippen LogP contribution in [0.4, 0.5) is 0 Å². The quantitative estimate of drug-likeness (QED) is 0.740. The van der Waals surface area contributed by atoms with Gasteiger partial charge in [0.1, 0.15) is 0 Å². The highest BCUT2D eigenvalue weighted by molar-refractivity contribution is 7.09. The topological polar surface area (TPSA) is 19.4 Å². The van der Waals surface area contributed by atoms with Crippen molar-refractivity contribution in [1.29, 1.82) is 0 Å². The fourth-order valence-electron chi connectivity index (χ4n) is 1.74. The molecule has 3 nitrogen and oxygen atoms in total. The molecule has 0 N–H and O–H groups in total. The standard InChI is InChI=1S/C11H21N3S/c1-5-14(10(2)7-13(3)4)8-11-6-12-9-15-11/h6,9-10H,5,7-8H2,1-4H3. The van der Waals surface area contributed by atoms with Crippen molar-refractivity contribution < 1.29 is 0 Å². The van der Waals surface area contributed by atoms with Gasteiger partial charge in [0.05, 0.1) is 5.51 Å². The monoisotopic (exact) mass is 227 g/mol. The van der Waals surface area contributed by atoms with Gasteiger partial charge in [-0.2, -0.15) is 0 Å². The Morgan fingerprint density at radius 3 is 2.67 bits per heavy atom. The van der Waals surface area contributed by atoms with Crippen LogP contribution in [0, 0.1) is 0 Å². The summed E-state index contributed by atoms with van der Waals surface area (Å²) in [6.07, 6.45) is 1.97. The number of rotatable bonds is 6. The second kappa shape index (κ2) is 6.20. The predicted octanol–water partition coefficient (Wildman–Crippen LogP) is 1.92. The SMILES string of the molecule is CCN(Cc1cncs1)C(C)CN(C)C. The van der Waals surface area contributed by atoms with Gasteiger partial charge in [0.15, 0.2) is 0 Å². The first-order valence-electron chi connectivity index (χ1n) is 5.39. The number of aromatic nitrogens is 1. The van der Waals surface area contributed by atoms with Crippen molar-refractivity contribution in [3.05, 3.63) is 16.6 Å². The molecule has 0 saturated carbocycles. The Bertz CT molecular complexity index is 259. The van der Waals surface area contributed by atoms with Crippen molar-refractivity contribution in [3.63, 3.8) is 0 Å². The molecule has 0 aromatic carbocycles. The largest absolute Gasteiger partial charge is 0.308 e. The fraction of sp³-hybridized carbons (Fsp3) is 0.727. The molecular formula is C11H21N3S. The summed E-state index contributed by atoms with van der Waals surface area (Å²) in [6.45, 7) is 7.72. The molecule has 1 unspecified atom stereocenters. The van der Waals surface area contributed by atoms with Gasteiger partial charge in [-0.15, -0.1) is 11.3 Å². The molecule has 86 valence electrons. The minimum absolute atomic E-state index is 0.590. The van der Waals surface area contributed by atoms with Gasteiger partial charge in [-0.25, -0.2) is 0 Å². The van der Waals surface area contributed by atoms with Crippen LogP contribution in [0.5, 0.6) is 0 Å². The van der Waals surface area contributed by atoms with E-state index in [-0.39, 0.29) is 0 Å². The molecule has 1 atom stereocenters. The number of likely N-dealkylation sites (N-methyl/N-ethyl adjacent to an activating group) is 2. The Morgan fingerprint density at radius 1 is 1.47 bits per heavy atom. The van der Waals surface area contributed by atoms with Crippen LogP contribution in [0.2, 0.25) is 0 Å². The van der Waals surface area contributed by atoms with E-state index in [1.54, 1.807) is 11.3 Å². The average Bonchev–Trinajstić information content (AvgIpc) is 2.65. The molecule has 0 fully saturated rings. The zero-order valence-electron chi connectivity index (χ0n) is 10.1. The lowest BCUT2D eigenvalue weighted by Crippen LogP contribution is -2.39. The fourth-order valence-corrected chi connectivity index (χ4v) is 2.36. The second-order valence-corrected chi connectivity index (χ2v) is 5.11. The van der Waals surface area contributed by atoms with E-state index in [2.05, 4.69) is 42.7 Å². The van der Waals surface area contributed by atoms with Crippen LogP contribution in [-0.2, 0) is 6.54 Å². The van der Waals surface area contributed by atoms with E-state index in [9.17, 15) is 0 Å². The smallest absolute Gasteiger partial charge is 0.0794 e. The van der Waals surface area contributed by atoms with E-state index in [0.29, 0.717) is 6.04 Å². The van der Waals surface area contributed by atoms with Gasteiger partial charge in [-0.3, -0.25) is 9.88 Å². The molecule has 0 radical (unpaired) electrons. The van der Waals surface area contributed by atoms with Crippen molar-refractivity contribution in [1.82, 2.24) is 14.8 Å². The molecule has 0 spiro atoms. The molecule has 1 aromatic rings. The predicted molar refractivity (Wildman–Crippen MR) is 66.2 cm³/mol. The summed E-state index contributed by atoms with van der Waals surface area (Å²) in [6, 6.07) is 0.590. The maximum absolute atomic E-state index is 4.11. The third-order valence-electron chi connectivity index (χ3n) is 2.50. The molecule has 0 aliphatic heterocycles. The van der Waals surface area contributed by atoms with Crippen LogP contribution in [0.25, 0.3) is 0 Å². The van der Waals surface area contributed by atoms with Crippen molar-refractivity contribution in [2.45, 2.75) is 26.4 Å². The van der Waals surface area contributed by atoms with Crippen molar-refractivity contribution >= 4 is 11.3 Å². The molecule has 0 aliphatic rings. The number of hydrogen-bond donors (Lipinski definition) is 0. The second-order valence-electron chi connectivity index (χ2n) is 4.14. The average molecular weight is 227 g/mol.